The number of hydrogen-bond acceptors (Lipinski definition) is 4. The smallest absolute Gasteiger partial charge is 0.0810 e. The first-order chi connectivity index (χ1) is 8.65. The molecule has 0 bridgehead atoms. The van der Waals surface area contributed by atoms with Crippen LogP contribution in [0.5, 0.6) is 0 Å². The predicted molar refractivity (Wildman–Crippen MR) is 72.7 cm³/mol. The maximum absolute atomic E-state index is 4.40. The fourth-order valence-electron chi connectivity index (χ4n) is 1.67. The third-order valence-electron chi connectivity index (χ3n) is 2.54. The second kappa shape index (κ2) is 5.44. The summed E-state index contributed by atoms with van der Waals surface area (Å²) >= 11 is 0. The van der Waals surface area contributed by atoms with Crippen molar-refractivity contribution in [3.63, 3.8) is 0 Å². The maximum Gasteiger partial charge on any atom is 0.0810 e. The van der Waals surface area contributed by atoms with Crippen LogP contribution in [0.15, 0.2) is 35.7 Å². The quantitative estimate of drug-likeness (QED) is 0.662. The van der Waals surface area contributed by atoms with Crippen LogP contribution in [0.2, 0.25) is 0 Å². The Morgan fingerprint density at radius 1 is 1.33 bits per heavy atom. The highest BCUT2D eigenvalue weighted by Gasteiger charge is 2.01. The molecule has 2 aromatic heterocycles. The molecule has 0 spiro atoms. The van der Waals surface area contributed by atoms with Gasteiger partial charge in [-0.1, -0.05) is 0 Å². The second-order valence-electron chi connectivity index (χ2n) is 4.28. The standard InChI is InChI=1S/C13H17N5/c1-10-8-12(3)18(17-10)9-11(2)15-16-13-4-6-14-7-5-13/h4-8H,9H2,1-3H3,(H,14,16). The van der Waals surface area contributed by atoms with Gasteiger partial charge in [-0.2, -0.15) is 10.2 Å². The summed E-state index contributed by atoms with van der Waals surface area (Å²) in [4.78, 5) is 3.95. The third kappa shape index (κ3) is 3.16. The minimum atomic E-state index is 0.692. The molecule has 5 heteroatoms. The molecule has 0 aromatic carbocycles. The molecule has 0 aliphatic heterocycles. The number of anilines is 1. The zero-order valence-electron chi connectivity index (χ0n) is 10.9. The van der Waals surface area contributed by atoms with Crippen LogP contribution in [-0.4, -0.2) is 20.5 Å². The predicted octanol–water partition coefficient (Wildman–Crippen LogP) is 2.38. The average molecular weight is 243 g/mol. The highest BCUT2D eigenvalue weighted by Crippen LogP contribution is 2.04. The molecule has 2 heterocycles. The Bertz CT molecular complexity index is 542. The van der Waals surface area contributed by atoms with Crippen molar-refractivity contribution in [3.8, 4) is 0 Å². The number of pyridine rings is 1. The molecule has 0 unspecified atom stereocenters. The Hall–Kier alpha value is -2.17. The van der Waals surface area contributed by atoms with Gasteiger partial charge in [0.05, 0.1) is 23.6 Å². The normalized spacial score (nSPS) is 11.6. The molecule has 0 radical (unpaired) electrons. The van der Waals surface area contributed by atoms with Gasteiger partial charge in [-0.15, -0.1) is 0 Å². The number of rotatable bonds is 4. The molecule has 1 N–H and O–H groups in total. The summed E-state index contributed by atoms with van der Waals surface area (Å²) in [5.41, 5.74) is 7.07. The molecular formula is C13H17N5. The van der Waals surface area contributed by atoms with Crippen molar-refractivity contribution < 1.29 is 0 Å². The molecule has 0 atom stereocenters. The lowest BCUT2D eigenvalue weighted by atomic mass is 10.4. The molecular weight excluding hydrogens is 226 g/mol. The van der Waals surface area contributed by atoms with Crippen LogP contribution >= 0.6 is 0 Å². The van der Waals surface area contributed by atoms with Gasteiger partial charge in [0.1, 0.15) is 0 Å². The topological polar surface area (TPSA) is 55.1 Å². The van der Waals surface area contributed by atoms with Gasteiger partial charge in [0.2, 0.25) is 0 Å². The van der Waals surface area contributed by atoms with E-state index < -0.39 is 0 Å². The van der Waals surface area contributed by atoms with E-state index in [4.69, 9.17) is 0 Å². The third-order valence-corrected chi connectivity index (χ3v) is 2.54. The first kappa shape index (κ1) is 12.3. The summed E-state index contributed by atoms with van der Waals surface area (Å²) in [6.07, 6.45) is 3.46. The molecule has 2 rings (SSSR count). The van der Waals surface area contributed by atoms with Crippen molar-refractivity contribution in [2.45, 2.75) is 27.3 Å². The molecule has 18 heavy (non-hydrogen) atoms. The number of nitrogens with one attached hydrogen (secondary N) is 1. The Morgan fingerprint density at radius 2 is 2.06 bits per heavy atom. The van der Waals surface area contributed by atoms with Gasteiger partial charge in [-0.05, 0) is 39.0 Å². The zero-order valence-corrected chi connectivity index (χ0v) is 10.9. The van der Waals surface area contributed by atoms with Gasteiger partial charge in [0, 0.05) is 18.1 Å². The van der Waals surface area contributed by atoms with E-state index in [2.05, 4.69) is 26.7 Å². The molecule has 2 aromatic rings. The number of nitrogens with zero attached hydrogens (tertiary/aromatic N) is 4. The molecule has 0 saturated heterocycles. The highest BCUT2D eigenvalue weighted by atomic mass is 15.3. The van der Waals surface area contributed by atoms with Crippen LogP contribution in [0.4, 0.5) is 5.69 Å². The SMILES string of the molecule is CC(Cn1nc(C)cc1C)=NNc1ccncc1. The van der Waals surface area contributed by atoms with Crippen molar-refractivity contribution in [2.75, 3.05) is 5.43 Å². The number of hydrogen-bond donors (Lipinski definition) is 1. The lowest BCUT2D eigenvalue weighted by Crippen LogP contribution is -2.11. The number of aromatic nitrogens is 3. The van der Waals surface area contributed by atoms with Gasteiger partial charge < -0.3 is 0 Å². The van der Waals surface area contributed by atoms with E-state index in [0.29, 0.717) is 6.54 Å². The van der Waals surface area contributed by atoms with Crippen LogP contribution < -0.4 is 5.43 Å². The molecule has 0 saturated carbocycles. The van der Waals surface area contributed by atoms with E-state index in [1.807, 2.05) is 37.6 Å². The summed E-state index contributed by atoms with van der Waals surface area (Å²) in [7, 11) is 0. The van der Waals surface area contributed by atoms with Crippen molar-refractivity contribution in [1.29, 1.82) is 0 Å². The zero-order chi connectivity index (χ0) is 13.0. The number of aryl methyl sites for hydroxylation is 2. The van der Waals surface area contributed by atoms with E-state index in [0.717, 1.165) is 22.8 Å². The van der Waals surface area contributed by atoms with Crippen molar-refractivity contribution in [1.82, 2.24) is 14.8 Å². The Labute approximate surface area is 107 Å². The average Bonchev–Trinajstić information content (AvgIpc) is 2.67. The summed E-state index contributed by atoms with van der Waals surface area (Å²) in [6, 6.07) is 5.81. The first-order valence-electron chi connectivity index (χ1n) is 5.85. The van der Waals surface area contributed by atoms with Crippen molar-refractivity contribution >= 4 is 11.4 Å². The monoisotopic (exact) mass is 243 g/mol. The van der Waals surface area contributed by atoms with Crippen molar-refractivity contribution in [2.24, 2.45) is 5.10 Å². The summed E-state index contributed by atoms with van der Waals surface area (Å²) in [5, 5.41) is 8.72. The first-order valence-corrected chi connectivity index (χ1v) is 5.85. The van der Waals surface area contributed by atoms with Crippen LogP contribution in [0.1, 0.15) is 18.3 Å². The van der Waals surface area contributed by atoms with E-state index in [-0.39, 0.29) is 0 Å². The molecule has 0 amide bonds. The molecule has 0 fully saturated rings. The highest BCUT2D eigenvalue weighted by molar-refractivity contribution is 5.82. The fraction of sp³-hybridized carbons (Fsp3) is 0.308. The Morgan fingerprint density at radius 3 is 2.67 bits per heavy atom. The minimum Gasteiger partial charge on any atom is -0.278 e. The summed E-state index contributed by atoms with van der Waals surface area (Å²) in [6.45, 7) is 6.71. The maximum atomic E-state index is 4.40. The minimum absolute atomic E-state index is 0.692. The second-order valence-corrected chi connectivity index (χ2v) is 4.28. The van der Waals surface area contributed by atoms with Crippen LogP contribution in [-0.2, 0) is 6.54 Å². The summed E-state index contributed by atoms with van der Waals surface area (Å²) < 4.78 is 1.95. The largest absolute Gasteiger partial charge is 0.278 e. The van der Waals surface area contributed by atoms with Gasteiger partial charge in [-0.25, -0.2) is 0 Å². The molecule has 5 nitrogen and oxygen atoms in total. The van der Waals surface area contributed by atoms with E-state index >= 15 is 0 Å². The van der Waals surface area contributed by atoms with Gasteiger partial charge >= 0.3 is 0 Å². The van der Waals surface area contributed by atoms with Gasteiger partial charge in [0.25, 0.3) is 0 Å². The van der Waals surface area contributed by atoms with E-state index in [1.54, 1.807) is 12.4 Å². The van der Waals surface area contributed by atoms with E-state index in [1.165, 1.54) is 0 Å². The number of hydrazone groups is 1. The van der Waals surface area contributed by atoms with Crippen LogP contribution in [0.3, 0.4) is 0 Å². The van der Waals surface area contributed by atoms with Crippen molar-refractivity contribution in [3.05, 3.63) is 42.0 Å². The van der Waals surface area contributed by atoms with Gasteiger partial charge in [-0.3, -0.25) is 15.1 Å². The lowest BCUT2D eigenvalue weighted by molar-refractivity contribution is 0.690. The Balaban J connectivity index is 1.99. The van der Waals surface area contributed by atoms with Crippen LogP contribution in [0, 0.1) is 13.8 Å². The van der Waals surface area contributed by atoms with Gasteiger partial charge in [0.15, 0.2) is 0 Å². The van der Waals surface area contributed by atoms with E-state index in [9.17, 15) is 0 Å². The molecule has 0 aliphatic carbocycles. The van der Waals surface area contributed by atoms with Crippen LogP contribution in [0.25, 0.3) is 0 Å². The summed E-state index contributed by atoms with van der Waals surface area (Å²) in [5.74, 6) is 0. The lowest BCUT2D eigenvalue weighted by Gasteiger charge is -2.05. The fourth-order valence-corrected chi connectivity index (χ4v) is 1.67. The molecule has 94 valence electrons. The molecule has 0 aliphatic rings. The Kier molecular flexibility index (Phi) is 3.72.